The van der Waals surface area contributed by atoms with Crippen LogP contribution in [0.15, 0.2) is 28.7 Å². The predicted octanol–water partition coefficient (Wildman–Crippen LogP) is 2.75. The van der Waals surface area contributed by atoms with Gasteiger partial charge in [0.2, 0.25) is 11.7 Å². The van der Waals surface area contributed by atoms with Gasteiger partial charge in [0.25, 0.3) is 5.91 Å². The van der Waals surface area contributed by atoms with Gasteiger partial charge in [-0.05, 0) is 30.9 Å². The quantitative estimate of drug-likeness (QED) is 0.637. The number of carbonyl (C=O) groups excluding carboxylic acids is 3. The second kappa shape index (κ2) is 10.1. The number of fused-ring (bicyclic) bond motifs is 1. The fourth-order valence-corrected chi connectivity index (χ4v) is 3.29. The number of hydrogen-bond donors (Lipinski definition) is 2. The molecule has 1 aromatic carbocycles. The monoisotopic (exact) mass is 417 g/mol. The van der Waals surface area contributed by atoms with E-state index in [0.29, 0.717) is 23.3 Å². The maximum Gasteiger partial charge on any atom is 0.409 e. The van der Waals surface area contributed by atoms with Gasteiger partial charge in [-0.1, -0.05) is 19.1 Å². The van der Waals surface area contributed by atoms with E-state index in [0.717, 1.165) is 25.9 Å². The van der Waals surface area contributed by atoms with E-state index in [9.17, 15) is 14.4 Å². The number of nitrogens with one attached hydrogen (secondary N) is 1. The molecule has 1 fully saturated rings. The maximum atomic E-state index is 12.2. The lowest BCUT2D eigenvalue weighted by molar-refractivity contribution is -0.120. The molecular formula is C21H27N3O6. The molecule has 0 atom stereocenters. The van der Waals surface area contributed by atoms with Crippen LogP contribution in [0.5, 0.6) is 0 Å². The van der Waals surface area contributed by atoms with Crippen LogP contribution in [0.1, 0.15) is 36.7 Å². The molecule has 2 aromatic rings. The SMILES string of the molecule is CC1CCN(C(=O)OCCCOCC(=O)Nc2c(C(N)=O)oc3ccccc23)CC1. The number of carbonyl (C=O) groups is 3. The Kier molecular flexibility index (Phi) is 7.29. The van der Waals surface area contributed by atoms with E-state index < -0.39 is 11.8 Å². The number of hydrogen-bond acceptors (Lipinski definition) is 6. The van der Waals surface area contributed by atoms with Gasteiger partial charge in [0, 0.05) is 24.9 Å². The fraction of sp³-hybridized carbons (Fsp3) is 0.476. The molecule has 0 unspecified atom stereocenters. The number of benzene rings is 1. The van der Waals surface area contributed by atoms with Crippen LogP contribution in [0, 0.1) is 5.92 Å². The third kappa shape index (κ3) is 5.50. The normalized spacial score (nSPS) is 14.6. The molecule has 3 amide bonds. The predicted molar refractivity (Wildman–Crippen MR) is 110 cm³/mol. The number of furan rings is 1. The number of amides is 3. The Morgan fingerprint density at radius 3 is 2.67 bits per heavy atom. The number of rotatable bonds is 8. The summed E-state index contributed by atoms with van der Waals surface area (Å²) in [6, 6.07) is 6.92. The van der Waals surface area contributed by atoms with Crippen molar-refractivity contribution in [1.29, 1.82) is 0 Å². The third-order valence-corrected chi connectivity index (χ3v) is 5.02. The summed E-state index contributed by atoms with van der Waals surface area (Å²) in [5.74, 6) is -0.674. The zero-order valence-electron chi connectivity index (χ0n) is 17.0. The number of para-hydroxylation sites is 1. The van der Waals surface area contributed by atoms with Crippen LogP contribution >= 0.6 is 0 Å². The first kappa shape index (κ1) is 21.6. The molecular weight excluding hydrogens is 390 g/mol. The zero-order chi connectivity index (χ0) is 21.5. The van der Waals surface area contributed by atoms with E-state index in [2.05, 4.69) is 12.2 Å². The summed E-state index contributed by atoms with van der Waals surface area (Å²) >= 11 is 0. The molecule has 1 aromatic heterocycles. The summed E-state index contributed by atoms with van der Waals surface area (Å²) in [7, 11) is 0. The van der Waals surface area contributed by atoms with E-state index >= 15 is 0 Å². The van der Waals surface area contributed by atoms with Gasteiger partial charge in [0.1, 0.15) is 17.9 Å². The lowest BCUT2D eigenvalue weighted by Gasteiger charge is -2.29. The zero-order valence-corrected chi connectivity index (χ0v) is 17.0. The lowest BCUT2D eigenvalue weighted by Crippen LogP contribution is -2.38. The molecule has 0 saturated carbocycles. The van der Waals surface area contributed by atoms with Gasteiger partial charge in [-0.3, -0.25) is 9.59 Å². The Morgan fingerprint density at radius 2 is 1.93 bits per heavy atom. The Hall–Kier alpha value is -3.07. The van der Waals surface area contributed by atoms with Crippen molar-refractivity contribution in [3.63, 3.8) is 0 Å². The van der Waals surface area contributed by atoms with Crippen molar-refractivity contribution >= 4 is 34.6 Å². The highest BCUT2D eigenvalue weighted by molar-refractivity contribution is 6.10. The minimum atomic E-state index is -0.771. The van der Waals surface area contributed by atoms with Crippen LogP contribution in [-0.4, -0.2) is 55.7 Å². The fourth-order valence-electron chi connectivity index (χ4n) is 3.29. The van der Waals surface area contributed by atoms with E-state index in [1.54, 1.807) is 29.2 Å². The van der Waals surface area contributed by atoms with Crippen LogP contribution < -0.4 is 11.1 Å². The first-order valence-electron chi connectivity index (χ1n) is 10.1. The minimum absolute atomic E-state index is 0.108. The molecule has 0 spiro atoms. The van der Waals surface area contributed by atoms with Crippen molar-refractivity contribution in [2.24, 2.45) is 11.7 Å². The van der Waals surface area contributed by atoms with Gasteiger partial charge in [0.15, 0.2) is 0 Å². The summed E-state index contributed by atoms with van der Waals surface area (Å²) in [5.41, 5.74) is 6.02. The van der Waals surface area contributed by atoms with Crippen molar-refractivity contribution in [3.05, 3.63) is 30.0 Å². The lowest BCUT2D eigenvalue weighted by atomic mass is 10.00. The van der Waals surface area contributed by atoms with Gasteiger partial charge in [-0.2, -0.15) is 0 Å². The largest absolute Gasteiger partial charge is 0.449 e. The Balaban J connectivity index is 1.38. The van der Waals surface area contributed by atoms with Crippen LogP contribution in [0.2, 0.25) is 0 Å². The van der Waals surface area contributed by atoms with E-state index in [-0.39, 0.29) is 37.4 Å². The Bertz CT molecular complexity index is 901. The second-order valence-corrected chi connectivity index (χ2v) is 7.40. The minimum Gasteiger partial charge on any atom is -0.449 e. The average molecular weight is 417 g/mol. The molecule has 1 aliphatic rings. The number of primary amides is 1. The molecule has 9 heteroatoms. The Labute approximate surface area is 174 Å². The molecule has 162 valence electrons. The van der Waals surface area contributed by atoms with Crippen molar-refractivity contribution in [3.8, 4) is 0 Å². The summed E-state index contributed by atoms with van der Waals surface area (Å²) in [6.07, 6.45) is 2.17. The molecule has 0 radical (unpaired) electrons. The van der Waals surface area contributed by atoms with Crippen molar-refractivity contribution < 1.29 is 28.3 Å². The van der Waals surface area contributed by atoms with Crippen LogP contribution in [0.4, 0.5) is 10.5 Å². The number of nitrogens with two attached hydrogens (primary N) is 1. The molecule has 3 rings (SSSR count). The standard InChI is InChI=1S/C21H27N3O6/c1-14-7-9-24(10-8-14)21(27)29-12-4-11-28-13-17(25)23-18-15-5-2-3-6-16(15)30-19(18)20(22)26/h2-3,5-6,14H,4,7-13H2,1H3,(H2,22,26)(H,23,25). The molecule has 1 saturated heterocycles. The number of likely N-dealkylation sites (tertiary alicyclic amines) is 1. The van der Waals surface area contributed by atoms with Gasteiger partial charge < -0.3 is 29.8 Å². The highest BCUT2D eigenvalue weighted by Gasteiger charge is 2.21. The number of piperidine rings is 1. The molecule has 1 aliphatic heterocycles. The van der Waals surface area contributed by atoms with E-state index in [1.807, 2.05) is 0 Å². The Morgan fingerprint density at radius 1 is 1.20 bits per heavy atom. The molecule has 0 aliphatic carbocycles. The summed E-state index contributed by atoms with van der Waals surface area (Å²) in [5, 5.41) is 3.20. The molecule has 9 nitrogen and oxygen atoms in total. The summed E-state index contributed by atoms with van der Waals surface area (Å²) < 4.78 is 16.0. The van der Waals surface area contributed by atoms with Crippen molar-refractivity contribution in [1.82, 2.24) is 4.90 Å². The van der Waals surface area contributed by atoms with E-state index in [1.165, 1.54) is 0 Å². The number of nitrogens with zero attached hydrogens (tertiary/aromatic N) is 1. The van der Waals surface area contributed by atoms with Gasteiger partial charge >= 0.3 is 6.09 Å². The highest BCUT2D eigenvalue weighted by atomic mass is 16.6. The molecule has 30 heavy (non-hydrogen) atoms. The average Bonchev–Trinajstić information content (AvgIpc) is 3.09. The molecule has 2 heterocycles. The van der Waals surface area contributed by atoms with Crippen LogP contribution in [0.3, 0.4) is 0 Å². The van der Waals surface area contributed by atoms with Gasteiger partial charge in [0.05, 0.1) is 13.2 Å². The molecule has 3 N–H and O–H groups in total. The van der Waals surface area contributed by atoms with Gasteiger partial charge in [-0.15, -0.1) is 0 Å². The second-order valence-electron chi connectivity index (χ2n) is 7.40. The molecule has 0 bridgehead atoms. The number of ether oxygens (including phenoxy) is 2. The first-order chi connectivity index (χ1) is 14.5. The highest BCUT2D eigenvalue weighted by Crippen LogP contribution is 2.30. The van der Waals surface area contributed by atoms with Crippen LogP contribution in [-0.2, 0) is 14.3 Å². The first-order valence-corrected chi connectivity index (χ1v) is 10.1. The third-order valence-electron chi connectivity index (χ3n) is 5.02. The summed E-state index contributed by atoms with van der Waals surface area (Å²) in [6.45, 7) is 3.91. The topological polar surface area (TPSA) is 124 Å². The van der Waals surface area contributed by atoms with Crippen LogP contribution in [0.25, 0.3) is 11.0 Å². The maximum absolute atomic E-state index is 12.2. The number of anilines is 1. The van der Waals surface area contributed by atoms with Gasteiger partial charge in [-0.25, -0.2) is 4.79 Å². The van der Waals surface area contributed by atoms with Crippen molar-refractivity contribution in [2.75, 3.05) is 38.2 Å². The van der Waals surface area contributed by atoms with E-state index in [4.69, 9.17) is 19.6 Å². The van der Waals surface area contributed by atoms with Crippen molar-refractivity contribution in [2.45, 2.75) is 26.2 Å². The smallest absolute Gasteiger partial charge is 0.409 e. The summed E-state index contributed by atoms with van der Waals surface area (Å²) in [4.78, 5) is 37.5.